The van der Waals surface area contributed by atoms with E-state index < -0.39 is 0 Å². The minimum atomic E-state index is -0.0270. The molecule has 2 aliphatic heterocycles. The molecule has 0 spiro atoms. The number of amides is 1. The van der Waals surface area contributed by atoms with Gasteiger partial charge in [-0.25, -0.2) is 4.98 Å². The van der Waals surface area contributed by atoms with E-state index in [2.05, 4.69) is 44.5 Å². The van der Waals surface area contributed by atoms with E-state index in [0.29, 0.717) is 6.54 Å². The van der Waals surface area contributed by atoms with E-state index in [-0.39, 0.29) is 49.2 Å². The molecule has 0 aliphatic carbocycles. The molecule has 27 heavy (non-hydrogen) atoms. The van der Waals surface area contributed by atoms with Crippen LogP contribution in [0, 0.1) is 0 Å². The molecule has 9 heteroatoms. The van der Waals surface area contributed by atoms with E-state index in [1.54, 1.807) is 0 Å². The number of carbonyl (C=O) groups is 1. The average Bonchev–Trinajstić information content (AvgIpc) is 2.67. The molecule has 6 nitrogen and oxygen atoms in total. The Bertz CT molecular complexity index is 532. The van der Waals surface area contributed by atoms with Crippen LogP contribution in [-0.2, 0) is 11.3 Å². The highest BCUT2D eigenvalue weighted by molar-refractivity contribution is 5.86. The predicted molar refractivity (Wildman–Crippen MR) is 118 cm³/mol. The van der Waals surface area contributed by atoms with Gasteiger partial charge in [0.15, 0.2) is 0 Å². The van der Waals surface area contributed by atoms with Gasteiger partial charge in [0.1, 0.15) is 5.82 Å². The molecule has 0 unspecified atom stereocenters. The predicted octanol–water partition coefficient (Wildman–Crippen LogP) is 2.25. The van der Waals surface area contributed by atoms with Crippen molar-refractivity contribution in [3.8, 4) is 0 Å². The summed E-state index contributed by atoms with van der Waals surface area (Å²) in [6.07, 6.45) is 5.12. The first-order valence-electron chi connectivity index (χ1n) is 9.19. The molecule has 0 aromatic carbocycles. The van der Waals surface area contributed by atoms with Crippen molar-refractivity contribution in [2.75, 3.05) is 44.2 Å². The van der Waals surface area contributed by atoms with Crippen LogP contribution in [0.3, 0.4) is 0 Å². The number of aromatic nitrogens is 1. The summed E-state index contributed by atoms with van der Waals surface area (Å²) in [4.78, 5) is 21.5. The number of piperazine rings is 1. The minimum Gasteiger partial charge on any atom is -0.354 e. The highest BCUT2D eigenvalue weighted by atomic mass is 35.5. The number of nitrogens with zero attached hydrogens (tertiary/aromatic N) is 3. The molecule has 1 aromatic rings. The maximum absolute atomic E-state index is 12.1. The Morgan fingerprint density at radius 3 is 2.48 bits per heavy atom. The van der Waals surface area contributed by atoms with Crippen LogP contribution < -0.4 is 15.5 Å². The lowest BCUT2D eigenvalue weighted by Gasteiger charge is -2.34. The molecule has 3 heterocycles. The molecule has 156 valence electrons. The van der Waals surface area contributed by atoms with Gasteiger partial charge in [0.25, 0.3) is 0 Å². The fourth-order valence-electron chi connectivity index (χ4n) is 3.39. The number of anilines is 1. The van der Waals surface area contributed by atoms with Crippen molar-refractivity contribution >= 4 is 48.9 Å². The summed E-state index contributed by atoms with van der Waals surface area (Å²) in [6, 6.07) is 4.12. The third-order valence-corrected chi connectivity index (χ3v) is 5.05. The van der Waals surface area contributed by atoms with Crippen molar-refractivity contribution in [2.24, 2.45) is 0 Å². The Morgan fingerprint density at radius 2 is 1.93 bits per heavy atom. The quantitative estimate of drug-likeness (QED) is 0.735. The number of piperidine rings is 1. The van der Waals surface area contributed by atoms with E-state index in [1.807, 2.05) is 6.20 Å². The zero-order valence-corrected chi connectivity index (χ0v) is 18.3. The van der Waals surface area contributed by atoms with Gasteiger partial charge in [-0.05, 0) is 37.6 Å². The summed E-state index contributed by atoms with van der Waals surface area (Å²) < 4.78 is 0. The highest BCUT2D eigenvalue weighted by Crippen LogP contribution is 2.14. The van der Waals surface area contributed by atoms with Crippen molar-refractivity contribution in [1.82, 2.24) is 20.5 Å². The van der Waals surface area contributed by atoms with E-state index in [0.717, 1.165) is 63.5 Å². The molecular weight excluding hydrogens is 409 g/mol. The maximum Gasteiger partial charge on any atom is 0.237 e. The molecule has 2 saturated heterocycles. The number of nitrogens with one attached hydrogen (secondary N) is 2. The van der Waals surface area contributed by atoms with Crippen molar-refractivity contribution in [2.45, 2.75) is 38.8 Å². The van der Waals surface area contributed by atoms with E-state index in [9.17, 15) is 4.79 Å². The summed E-state index contributed by atoms with van der Waals surface area (Å²) in [5.41, 5.74) is 1.05. The van der Waals surface area contributed by atoms with E-state index >= 15 is 0 Å². The van der Waals surface area contributed by atoms with Gasteiger partial charge in [0.05, 0.1) is 6.04 Å². The molecule has 3 rings (SSSR count). The smallest absolute Gasteiger partial charge is 0.237 e. The van der Waals surface area contributed by atoms with E-state index in [4.69, 9.17) is 0 Å². The molecule has 0 bridgehead atoms. The van der Waals surface area contributed by atoms with Gasteiger partial charge < -0.3 is 20.4 Å². The van der Waals surface area contributed by atoms with Gasteiger partial charge >= 0.3 is 0 Å². The van der Waals surface area contributed by atoms with Gasteiger partial charge in [0.2, 0.25) is 5.91 Å². The van der Waals surface area contributed by atoms with Crippen molar-refractivity contribution in [3.63, 3.8) is 0 Å². The lowest BCUT2D eigenvalue weighted by molar-refractivity contribution is -0.123. The van der Waals surface area contributed by atoms with Crippen LogP contribution in [0.5, 0.6) is 0 Å². The second-order valence-electron chi connectivity index (χ2n) is 6.67. The topological polar surface area (TPSA) is 60.5 Å². The summed E-state index contributed by atoms with van der Waals surface area (Å²) >= 11 is 0. The largest absolute Gasteiger partial charge is 0.354 e. The number of hydrogen-bond acceptors (Lipinski definition) is 5. The maximum atomic E-state index is 12.1. The zero-order valence-electron chi connectivity index (χ0n) is 15.9. The molecule has 0 saturated carbocycles. The van der Waals surface area contributed by atoms with Crippen LogP contribution in [0.2, 0.25) is 0 Å². The highest BCUT2D eigenvalue weighted by Gasteiger charge is 2.20. The zero-order chi connectivity index (χ0) is 16.8. The Morgan fingerprint density at radius 1 is 1.19 bits per heavy atom. The first kappa shape index (κ1) is 26.2. The Kier molecular flexibility index (Phi) is 13.0. The van der Waals surface area contributed by atoms with Crippen molar-refractivity contribution in [1.29, 1.82) is 0 Å². The third kappa shape index (κ3) is 7.62. The number of hydrogen-bond donors (Lipinski definition) is 2. The standard InChI is InChI=1S/C18H29N5O.3ClH/c1-2-22-9-11-23(12-10-22)17-7-6-15(13-20-17)14-21-18(24)16-5-3-4-8-19-16;;;/h6-7,13,16,19H,2-5,8-12,14H2,1H3,(H,21,24);3*1H/t16-;;;/m1.../s1. The van der Waals surface area contributed by atoms with Crippen molar-refractivity contribution in [3.05, 3.63) is 23.9 Å². The summed E-state index contributed by atoms with van der Waals surface area (Å²) in [5.74, 6) is 1.14. The Balaban J connectivity index is 0.00000225. The third-order valence-electron chi connectivity index (χ3n) is 5.05. The number of halogens is 3. The van der Waals surface area contributed by atoms with Crippen LogP contribution in [0.4, 0.5) is 5.82 Å². The van der Waals surface area contributed by atoms with Gasteiger partial charge in [-0.2, -0.15) is 0 Å². The molecule has 0 radical (unpaired) electrons. The molecule has 1 amide bonds. The molecule has 2 fully saturated rings. The molecule has 2 aliphatic rings. The molecule has 2 N–H and O–H groups in total. The number of carbonyl (C=O) groups excluding carboxylic acids is 1. The molecule has 1 atom stereocenters. The lowest BCUT2D eigenvalue weighted by atomic mass is 10.0. The number of likely N-dealkylation sites (N-methyl/N-ethyl adjacent to an activating group) is 1. The van der Waals surface area contributed by atoms with Crippen molar-refractivity contribution < 1.29 is 4.79 Å². The fourth-order valence-corrected chi connectivity index (χ4v) is 3.39. The minimum absolute atomic E-state index is 0. The number of pyridine rings is 1. The molecular formula is C18H32Cl3N5O. The van der Waals surface area contributed by atoms with Gasteiger partial charge in [-0.3, -0.25) is 4.79 Å². The summed E-state index contributed by atoms with van der Waals surface area (Å²) in [7, 11) is 0. The van der Waals surface area contributed by atoms with Crippen LogP contribution in [0.15, 0.2) is 18.3 Å². The lowest BCUT2D eigenvalue weighted by Crippen LogP contribution is -2.46. The number of rotatable bonds is 5. The first-order valence-corrected chi connectivity index (χ1v) is 9.19. The van der Waals surface area contributed by atoms with Gasteiger partial charge in [-0.15, -0.1) is 37.2 Å². The normalized spacial score (nSPS) is 19.9. The van der Waals surface area contributed by atoms with E-state index in [1.165, 1.54) is 6.42 Å². The monoisotopic (exact) mass is 439 g/mol. The van der Waals surface area contributed by atoms with Crippen LogP contribution in [0.25, 0.3) is 0 Å². The van der Waals surface area contributed by atoms with Crippen LogP contribution in [-0.4, -0.2) is 61.1 Å². The summed E-state index contributed by atoms with van der Waals surface area (Å²) in [6.45, 7) is 9.09. The molecule has 1 aromatic heterocycles. The van der Waals surface area contributed by atoms with Crippen LogP contribution in [0.1, 0.15) is 31.7 Å². The fraction of sp³-hybridized carbons (Fsp3) is 0.667. The summed E-state index contributed by atoms with van der Waals surface area (Å²) in [5, 5.41) is 6.30. The SMILES string of the molecule is CCN1CCN(c2ccc(CNC(=O)[C@H]3CCCCN3)cn2)CC1.Cl.Cl.Cl. The second-order valence-corrected chi connectivity index (χ2v) is 6.67. The van der Waals surface area contributed by atoms with Gasteiger partial charge in [-0.1, -0.05) is 19.4 Å². The van der Waals surface area contributed by atoms with Gasteiger partial charge in [0, 0.05) is 38.9 Å². The second kappa shape index (κ2) is 13.4. The first-order chi connectivity index (χ1) is 11.8. The Labute approximate surface area is 181 Å². The Hall–Kier alpha value is -0.790. The van der Waals surface area contributed by atoms with Crippen LogP contribution >= 0.6 is 37.2 Å². The average molecular weight is 441 g/mol.